The molecule has 1 saturated carbocycles. The van der Waals surface area contributed by atoms with Crippen LogP contribution in [0.4, 0.5) is 5.69 Å². The largest absolute Gasteiger partial charge is 0.490 e. The number of amides is 1. The molecule has 2 heterocycles. The lowest BCUT2D eigenvalue weighted by Gasteiger charge is -2.44. The minimum atomic E-state index is -3.96. The van der Waals surface area contributed by atoms with E-state index in [2.05, 4.69) is 17.0 Å². The van der Waals surface area contributed by atoms with Crippen LogP contribution in [0.1, 0.15) is 43.7 Å². The fraction of sp³-hybridized carbons (Fsp3) is 0.548. The van der Waals surface area contributed by atoms with Crippen LogP contribution in [0.5, 0.6) is 5.75 Å². The molecule has 41 heavy (non-hydrogen) atoms. The molecule has 1 unspecified atom stereocenters. The number of carbonyl (C=O) groups is 2. The molecule has 2 bridgehead atoms. The number of halogens is 1. The van der Waals surface area contributed by atoms with Crippen molar-refractivity contribution >= 4 is 38.8 Å². The van der Waals surface area contributed by atoms with E-state index in [-0.39, 0.29) is 22.8 Å². The normalized spacial score (nSPS) is 30.1. The second-order valence-corrected chi connectivity index (χ2v) is 14.7. The Morgan fingerprint density at radius 3 is 2.66 bits per heavy atom. The molecule has 2 aromatic carbocycles. The molecule has 2 aliphatic carbocycles. The van der Waals surface area contributed by atoms with Gasteiger partial charge in [0.15, 0.2) is 15.6 Å². The van der Waals surface area contributed by atoms with Crippen molar-refractivity contribution in [3.8, 4) is 5.75 Å². The molecule has 8 nitrogen and oxygen atoms in total. The fourth-order valence-corrected chi connectivity index (χ4v) is 8.43. The van der Waals surface area contributed by atoms with Crippen molar-refractivity contribution in [2.75, 3.05) is 50.6 Å². The Bertz CT molecular complexity index is 1480. The Kier molecular flexibility index (Phi) is 7.57. The molecular weight excluding hydrogens is 564 g/mol. The molecule has 1 spiro atoms. The monoisotopic (exact) mass is 600 g/mol. The number of ketones is 1. The summed E-state index contributed by atoms with van der Waals surface area (Å²) in [4.78, 5) is 29.4. The van der Waals surface area contributed by atoms with E-state index in [1.165, 1.54) is 29.1 Å². The van der Waals surface area contributed by atoms with Gasteiger partial charge >= 0.3 is 0 Å². The zero-order chi connectivity index (χ0) is 28.9. The average Bonchev–Trinajstić information content (AvgIpc) is 3.08. The van der Waals surface area contributed by atoms with Gasteiger partial charge in [-0.15, -0.1) is 0 Å². The van der Waals surface area contributed by atoms with Gasteiger partial charge in [-0.3, -0.25) is 9.59 Å². The fourth-order valence-electron chi connectivity index (χ4n) is 6.89. The minimum absolute atomic E-state index is 0.0896. The maximum atomic E-state index is 13.5. The number of fused-ring (bicyclic) bond motifs is 4. The minimum Gasteiger partial charge on any atom is -0.490 e. The highest BCUT2D eigenvalue weighted by Gasteiger charge is 2.44. The number of benzene rings is 2. The van der Waals surface area contributed by atoms with Crippen molar-refractivity contribution in [1.29, 1.82) is 0 Å². The van der Waals surface area contributed by atoms with Gasteiger partial charge in [0.25, 0.3) is 0 Å². The molecule has 10 heteroatoms. The van der Waals surface area contributed by atoms with Crippen molar-refractivity contribution in [3.05, 3.63) is 52.5 Å². The molecule has 1 fully saturated rings. The Balaban J connectivity index is 1.41. The summed E-state index contributed by atoms with van der Waals surface area (Å²) in [7, 11) is -2.44. The summed E-state index contributed by atoms with van der Waals surface area (Å²) in [5.41, 5.74) is 2.97. The second-order valence-electron chi connectivity index (χ2n) is 12.3. The summed E-state index contributed by atoms with van der Waals surface area (Å²) in [5, 5.41) is 0.726. The van der Waals surface area contributed by atoms with E-state index in [1.54, 1.807) is 19.1 Å². The Morgan fingerprint density at radius 2 is 1.88 bits per heavy atom. The quantitative estimate of drug-likeness (QED) is 0.450. The number of nitrogens with zero attached hydrogens (tertiary/aromatic N) is 2. The van der Waals surface area contributed by atoms with Crippen LogP contribution in [-0.2, 0) is 36.0 Å². The molecule has 4 aliphatic rings. The standard InChI is InChI=1S/C31H37ClN2O6S/c1-20-28(35)17-41(37,38)25-8-10-29-27(13-25)34(14-22-5-6-23(22)15-39-16-30(36)33(20)2)18-31(19-40-29)11-3-4-21-12-24(32)7-9-26(21)31/h7-10,12-13,20,22-23H,3-6,11,14-19H2,1-2H3/t20?,22-,23-,31-/m0/s1. The SMILES string of the molecule is CC1C(=O)CS(=O)(=O)c2ccc3c(c2)N(C[C@@H]2CC[C@H]2COCC(=O)N1C)C[C@@]1(CCCc2cc(Cl)ccc21)CO3. The molecule has 2 aromatic rings. The molecule has 2 aliphatic heterocycles. The first kappa shape index (κ1) is 28.5. The van der Waals surface area contributed by atoms with Crippen molar-refractivity contribution in [2.45, 2.75) is 55.4 Å². The third-order valence-corrected chi connectivity index (χ3v) is 11.6. The van der Waals surface area contributed by atoms with E-state index in [9.17, 15) is 18.0 Å². The van der Waals surface area contributed by atoms with Gasteiger partial charge in [0.1, 0.15) is 18.1 Å². The predicted octanol–water partition coefficient (Wildman–Crippen LogP) is 4.06. The van der Waals surface area contributed by atoms with Gasteiger partial charge in [0.2, 0.25) is 5.91 Å². The van der Waals surface area contributed by atoms with E-state index >= 15 is 0 Å². The third-order valence-electron chi connectivity index (χ3n) is 9.73. The van der Waals surface area contributed by atoms with E-state index in [0.29, 0.717) is 37.3 Å². The summed E-state index contributed by atoms with van der Waals surface area (Å²) in [6.45, 7) is 3.79. The summed E-state index contributed by atoms with van der Waals surface area (Å²) in [6, 6.07) is 10.2. The van der Waals surface area contributed by atoms with Crippen molar-refractivity contribution < 1.29 is 27.5 Å². The second kappa shape index (κ2) is 10.9. The molecule has 0 N–H and O–H groups in total. The maximum Gasteiger partial charge on any atom is 0.248 e. The van der Waals surface area contributed by atoms with Gasteiger partial charge in [0.05, 0.1) is 29.8 Å². The van der Waals surface area contributed by atoms with Gasteiger partial charge in [-0.05, 0) is 92.3 Å². The zero-order valence-electron chi connectivity index (χ0n) is 23.6. The first-order valence-electron chi connectivity index (χ1n) is 14.5. The molecule has 1 amide bonds. The zero-order valence-corrected chi connectivity index (χ0v) is 25.2. The Hall–Kier alpha value is -2.62. The van der Waals surface area contributed by atoms with Crippen LogP contribution >= 0.6 is 11.6 Å². The highest BCUT2D eigenvalue weighted by molar-refractivity contribution is 7.92. The van der Waals surface area contributed by atoms with Crippen LogP contribution in [0.2, 0.25) is 5.02 Å². The van der Waals surface area contributed by atoms with Crippen molar-refractivity contribution in [3.63, 3.8) is 0 Å². The molecule has 4 atom stereocenters. The Labute approximate surface area is 246 Å². The van der Waals surface area contributed by atoms with Crippen molar-refractivity contribution in [2.24, 2.45) is 11.8 Å². The summed E-state index contributed by atoms with van der Waals surface area (Å²) in [6.07, 6.45) is 4.99. The number of carbonyl (C=O) groups excluding carboxylic acids is 2. The number of hydrogen-bond donors (Lipinski definition) is 0. The van der Waals surface area contributed by atoms with E-state index in [0.717, 1.165) is 49.4 Å². The number of rotatable bonds is 0. The molecular formula is C31H37ClN2O6S. The summed E-state index contributed by atoms with van der Waals surface area (Å²) >= 11 is 6.37. The Morgan fingerprint density at radius 1 is 1.07 bits per heavy atom. The molecule has 0 aromatic heterocycles. The predicted molar refractivity (Wildman–Crippen MR) is 157 cm³/mol. The average molecular weight is 601 g/mol. The van der Waals surface area contributed by atoms with Gasteiger partial charge in [-0.2, -0.15) is 0 Å². The molecule has 0 radical (unpaired) electrons. The van der Waals surface area contributed by atoms with Crippen LogP contribution in [0.15, 0.2) is 41.3 Å². The first-order valence-corrected chi connectivity index (χ1v) is 16.5. The number of likely N-dealkylation sites (N-methyl/N-ethyl adjacent to an activating group) is 1. The van der Waals surface area contributed by atoms with Crippen molar-refractivity contribution in [1.82, 2.24) is 4.90 Å². The van der Waals surface area contributed by atoms with E-state index < -0.39 is 27.4 Å². The van der Waals surface area contributed by atoms with Crippen LogP contribution in [0.25, 0.3) is 0 Å². The van der Waals surface area contributed by atoms with Gasteiger partial charge < -0.3 is 19.3 Å². The third kappa shape index (κ3) is 5.37. The van der Waals surface area contributed by atoms with Crippen LogP contribution in [0, 0.1) is 11.8 Å². The van der Waals surface area contributed by atoms with Gasteiger partial charge in [-0.25, -0.2) is 8.42 Å². The van der Waals surface area contributed by atoms with Crippen LogP contribution in [-0.4, -0.2) is 76.8 Å². The van der Waals surface area contributed by atoms with E-state index in [4.69, 9.17) is 21.1 Å². The lowest BCUT2D eigenvalue weighted by atomic mass is 9.69. The molecule has 0 saturated heterocycles. The number of Topliss-reactive ketones (excluding diaryl/α,β-unsaturated/α-hetero) is 1. The van der Waals surface area contributed by atoms with Gasteiger partial charge in [0, 0.05) is 30.6 Å². The number of sulfone groups is 1. The van der Waals surface area contributed by atoms with E-state index in [1.807, 2.05) is 6.07 Å². The number of ether oxygens (including phenoxy) is 2. The van der Waals surface area contributed by atoms with Crippen LogP contribution in [0.3, 0.4) is 0 Å². The maximum absolute atomic E-state index is 13.5. The first-order chi connectivity index (χ1) is 19.6. The number of anilines is 1. The lowest BCUT2D eigenvalue weighted by molar-refractivity contribution is -0.141. The molecule has 6 rings (SSSR count). The smallest absolute Gasteiger partial charge is 0.248 e. The number of aryl methyl sites for hydroxylation is 1. The van der Waals surface area contributed by atoms with Crippen LogP contribution < -0.4 is 9.64 Å². The molecule has 220 valence electrons. The summed E-state index contributed by atoms with van der Waals surface area (Å²) in [5.74, 6) is -0.261. The van der Waals surface area contributed by atoms with Gasteiger partial charge in [-0.1, -0.05) is 17.7 Å². The summed E-state index contributed by atoms with van der Waals surface area (Å²) < 4.78 is 39.4. The highest BCUT2D eigenvalue weighted by atomic mass is 35.5. The topological polar surface area (TPSA) is 93.2 Å². The number of hydrogen-bond acceptors (Lipinski definition) is 7. The highest BCUT2D eigenvalue weighted by Crippen LogP contribution is 2.46. The lowest BCUT2D eigenvalue weighted by Crippen LogP contribution is -2.49.